The van der Waals surface area contributed by atoms with Crippen molar-refractivity contribution in [2.75, 3.05) is 20.3 Å². The number of carbonyl (C=O) groups excluding carboxylic acids is 2. The van der Waals surface area contributed by atoms with Crippen LogP contribution in [-0.2, 0) is 20.9 Å². The fraction of sp³-hybridized carbons (Fsp3) is 0.188. The molecule has 1 N–H and O–H groups in total. The Kier molecular flexibility index (Phi) is 9.46. The zero-order valence-electron chi connectivity index (χ0n) is 22.2. The highest BCUT2D eigenvalue weighted by Gasteiger charge is 2.29. The number of carbonyl (C=O) groups is 2. The second-order valence-corrected chi connectivity index (χ2v) is 9.04. The summed E-state index contributed by atoms with van der Waals surface area (Å²) in [5, 5.41) is 2.37. The highest BCUT2D eigenvalue weighted by molar-refractivity contribution is 5.80. The van der Waals surface area contributed by atoms with E-state index in [1.165, 1.54) is 37.3 Å². The Morgan fingerprint density at radius 3 is 1.95 bits per heavy atom. The molecule has 1 aliphatic carbocycles. The lowest BCUT2D eigenvalue weighted by Gasteiger charge is -2.14. The smallest absolute Gasteiger partial charge is 0.407 e. The molecule has 0 saturated heterocycles. The Bertz CT molecular complexity index is 1410. The molecule has 4 aromatic carbocycles. The van der Waals surface area contributed by atoms with E-state index in [0.717, 1.165) is 16.7 Å². The van der Waals surface area contributed by atoms with Gasteiger partial charge in [-0.05, 0) is 34.7 Å². The molecule has 5 rings (SSSR count). The quantitative estimate of drug-likeness (QED) is 0.267. The summed E-state index contributed by atoms with van der Waals surface area (Å²) in [7, 11) is 1.27. The number of hydrogen-bond donors (Lipinski definition) is 1. The average molecular weight is 546 g/mol. The first-order valence-corrected chi connectivity index (χ1v) is 12.7. The summed E-state index contributed by atoms with van der Waals surface area (Å²) in [5.41, 5.74) is 5.60. The van der Waals surface area contributed by atoms with E-state index in [4.69, 9.17) is 9.47 Å². The van der Waals surface area contributed by atoms with Crippen molar-refractivity contribution >= 4 is 12.1 Å². The summed E-state index contributed by atoms with van der Waals surface area (Å²) in [6.45, 7) is 1.71. The second kappa shape index (κ2) is 13.4. The minimum Gasteiger partial charge on any atom is -0.489 e. The Labute approximate surface area is 231 Å². The third-order valence-electron chi connectivity index (χ3n) is 6.45. The number of nitrogens with one attached hydrogen (secondary N) is 1. The summed E-state index contributed by atoms with van der Waals surface area (Å²) in [4.78, 5) is 22.7. The van der Waals surface area contributed by atoms with E-state index in [-0.39, 0.29) is 30.4 Å². The van der Waals surface area contributed by atoms with Crippen LogP contribution in [0.5, 0.6) is 5.75 Å². The maximum absolute atomic E-state index is 13.2. The number of ether oxygens (including phenoxy) is 3. The third-order valence-corrected chi connectivity index (χ3v) is 6.45. The van der Waals surface area contributed by atoms with Crippen LogP contribution in [0.3, 0.4) is 0 Å². The van der Waals surface area contributed by atoms with Crippen LogP contribution in [0.15, 0.2) is 91.0 Å². The summed E-state index contributed by atoms with van der Waals surface area (Å²) in [6, 6.07) is 28.1. The highest BCUT2D eigenvalue weighted by Crippen LogP contribution is 2.44. The molecular weight excluding hydrogens is 516 g/mol. The van der Waals surface area contributed by atoms with Crippen LogP contribution in [0.4, 0.5) is 13.6 Å². The van der Waals surface area contributed by atoms with Crippen molar-refractivity contribution in [2.24, 2.45) is 0 Å². The molecule has 0 heterocycles. The predicted octanol–water partition coefficient (Wildman–Crippen LogP) is 6.55. The van der Waals surface area contributed by atoms with Gasteiger partial charge in [0.05, 0.1) is 7.11 Å². The van der Waals surface area contributed by atoms with E-state index >= 15 is 0 Å². The molecule has 0 radical (unpaired) electrons. The van der Waals surface area contributed by atoms with Crippen LogP contribution < -0.4 is 10.1 Å². The molecule has 0 spiro atoms. The Morgan fingerprint density at radius 2 is 1.38 bits per heavy atom. The number of halogens is 2. The van der Waals surface area contributed by atoms with Crippen molar-refractivity contribution in [1.29, 1.82) is 0 Å². The minimum absolute atomic E-state index is 0.00581. The summed E-state index contributed by atoms with van der Waals surface area (Å²) < 4.78 is 41.6. The van der Waals surface area contributed by atoms with E-state index in [2.05, 4.69) is 34.3 Å². The van der Waals surface area contributed by atoms with Crippen molar-refractivity contribution in [2.45, 2.75) is 19.4 Å². The predicted molar refractivity (Wildman–Crippen MR) is 147 cm³/mol. The van der Waals surface area contributed by atoms with E-state index in [0.29, 0.717) is 6.61 Å². The summed E-state index contributed by atoms with van der Waals surface area (Å²) >= 11 is 0. The van der Waals surface area contributed by atoms with Gasteiger partial charge in [-0.1, -0.05) is 78.9 Å². The van der Waals surface area contributed by atoms with Gasteiger partial charge in [0.25, 0.3) is 0 Å². The molecule has 0 unspecified atom stereocenters. The number of methoxy groups -OCH3 is 1. The van der Waals surface area contributed by atoms with E-state index < -0.39 is 23.7 Å². The van der Waals surface area contributed by atoms with Crippen molar-refractivity contribution in [1.82, 2.24) is 5.32 Å². The molecular formula is C32H29F2NO5. The summed E-state index contributed by atoms with van der Waals surface area (Å²) in [6.07, 6.45) is -0.628. The number of fused-ring (bicyclic) bond motifs is 3. The van der Waals surface area contributed by atoms with Crippen molar-refractivity contribution in [3.05, 3.63) is 125 Å². The van der Waals surface area contributed by atoms with Gasteiger partial charge in [0.15, 0.2) is 0 Å². The maximum atomic E-state index is 13.2. The topological polar surface area (TPSA) is 73.9 Å². The number of benzene rings is 4. The van der Waals surface area contributed by atoms with Gasteiger partial charge < -0.3 is 19.5 Å². The van der Waals surface area contributed by atoms with E-state index in [1.807, 2.05) is 54.6 Å². The molecule has 206 valence electrons. The van der Waals surface area contributed by atoms with Crippen molar-refractivity contribution in [3.63, 3.8) is 0 Å². The molecule has 40 heavy (non-hydrogen) atoms. The molecule has 6 nitrogen and oxygen atoms in total. The number of hydrogen-bond acceptors (Lipinski definition) is 5. The molecule has 0 atom stereocenters. The van der Waals surface area contributed by atoms with Crippen LogP contribution in [-0.4, -0.2) is 32.3 Å². The molecule has 1 aliphatic rings. The largest absolute Gasteiger partial charge is 0.489 e. The Morgan fingerprint density at radius 1 is 0.825 bits per heavy atom. The highest BCUT2D eigenvalue weighted by atomic mass is 19.1. The van der Waals surface area contributed by atoms with Gasteiger partial charge >= 0.3 is 12.1 Å². The standard InChI is InChI=1S/C18H17NO4.C14H12F2O/c1-22-17(20)10-19-18(21)23-11-16-14-8-4-2-6-12(14)13-7-3-5-9-15(13)16;1-10-13(15)7-12(8-14(10)16)17-9-11-5-3-2-4-6-11/h2-9,16H,10-11H2,1H3,(H,19,21);2-8H,9H2,1H3. The van der Waals surface area contributed by atoms with Gasteiger partial charge in [-0.2, -0.15) is 0 Å². The minimum atomic E-state index is -0.628. The molecule has 4 aromatic rings. The third kappa shape index (κ3) is 7.02. The maximum Gasteiger partial charge on any atom is 0.407 e. The summed E-state index contributed by atoms with van der Waals surface area (Å²) in [5.74, 6) is -1.49. The van der Waals surface area contributed by atoms with Gasteiger partial charge in [-0.3, -0.25) is 4.79 Å². The molecule has 0 bridgehead atoms. The molecule has 0 aliphatic heterocycles. The van der Waals surface area contributed by atoms with Crippen LogP contribution in [0.2, 0.25) is 0 Å². The Hall–Kier alpha value is -4.72. The van der Waals surface area contributed by atoms with Crippen LogP contribution in [0.1, 0.15) is 28.2 Å². The lowest BCUT2D eigenvalue weighted by molar-refractivity contribution is -0.139. The van der Waals surface area contributed by atoms with Gasteiger partial charge in [-0.25, -0.2) is 13.6 Å². The Balaban J connectivity index is 0.000000194. The van der Waals surface area contributed by atoms with Gasteiger partial charge in [0.2, 0.25) is 0 Å². The van der Waals surface area contributed by atoms with Gasteiger partial charge in [0, 0.05) is 23.6 Å². The number of rotatable bonds is 7. The van der Waals surface area contributed by atoms with E-state index in [1.54, 1.807) is 0 Å². The molecule has 0 saturated carbocycles. The first kappa shape index (κ1) is 28.3. The second-order valence-electron chi connectivity index (χ2n) is 9.04. The van der Waals surface area contributed by atoms with Crippen LogP contribution in [0, 0.1) is 18.6 Å². The molecule has 8 heteroatoms. The van der Waals surface area contributed by atoms with Crippen LogP contribution >= 0.6 is 0 Å². The van der Waals surface area contributed by atoms with Gasteiger partial charge in [0.1, 0.15) is 37.1 Å². The zero-order valence-corrected chi connectivity index (χ0v) is 22.2. The molecule has 0 fully saturated rings. The normalized spacial score (nSPS) is 11.4. The number of amides is 1. The van der Waals surface area contributed by atoms with Crippen LogP contribution in [0.25, 0.3) is 11.1 Å². The fourth-order valence-electron chi connectivity index (χ4n) is 4.31. The molecule has 1 amide bonds. The zero-order chi connectivity index (χ0) is 28.5. The first-order chi connectivity index (χ1) is 19.4. The van der Waals surface area contributed by atoms with Crippen molar-refractivity contribution < 1.29 is 32.6 Å². The fourth-order valence-corrected chi connectivity index (χ4v) is 4.31. The van der Waals surface area contributed by atoms with E-state index in [9.17, 15) is 18.4 Å². The molecule has 0 aromatic heterocycles. The van der Waals surface area contributed by atoms with Gasteiger partial charge in [-0.15, -0.1) is 0 Å². The lowest BCUT2D eigenvalue weighted by atomic mass is 9.98. The average Bonchev–Trinajstić information content (AvgIpc) is 3.31. The monoisotopic (exact) mass is 545 g/mol. The number of alkyl carbamates (subject to hydrolysis) is 1. The number of esters is 1. The lowest BCUT2D eigenvalue weighted by Crippen LogP contribution is -2.31. The SMILES string of the molecule is COC(=O)CNC(=O)OCC1c2ccccc2-c2ccccc21.Cc1c(F)cc(OCc2ccccc2)cc1F. The van der Waals surface area contributed by atoms with Crippen molar-refractivity contribution in [3.8, 4) is 16.9 Å². The first-order valence-electron chi connectivity index (χ1n) is 12.7.